The first kappa shape index (κ1) is 11.7. The number of carboxylic acids is 1. The van der Waals surface area contributed by atoms with E-state index in [1.54, 1.807) is 12.1 Å². The van der Waals surface area contributed by atoms with Gasteiger partial charge in [0.15, 0.2) is 0 Å². The molecule has 2 N–H and O–H groups in total. The molecule has 0 saturated carbocycles. The molecule has 0 aliphatic carbocycles. The second-order valence-electron chi connectivity index (χ2n) is 3.07. The number of aromatic nitrogens is 3. The van der Waals surface area contributed by atoms with Crippen LogP contribution in [0.1, 0.15) is 10.6 Å². The molecule has 17 heavy (non-hydrogen) atoms. The molecule has 0 spiro atoms. The quantitative estimate of drug-likeness (QED) is 0.869. The summed E-state index contributed by atoms with van der Waals surface area (Å²) in [4.78, 5) is 24.2. The van der Waals surface area contributed by atoms with Gasteiger partial charge in [0, 0.05) is 0 Å². The Kier molecular flexibility index (Phi) is 2.91. The smallest absolute Gasteiger partial charge is 0.373 e. The normalized spacial score (nSPS) is 10.5. The van der Waals surface area contributed by atoms with E-state index in [-0.39, 0.29) is 15.7 Å². The highest BCUT2D eigenvalue weighted by molar-refractivity contribution is 6.43. The zero-order chi connectivity index (χ0) is 12.6. The van der Waals surface area contributed by atoms with E-state index in [0.717, 1.165) is 4.68 Å². The number of carboxylic acid groups (broad SMARTS) is 1. The van der Waals surface area contributed by atoms with Crippen LogP contribution in [0.5, 0.6) is 0 Å². The number of rotatable bonds is 2. The Hall–Kier alpha value is -1.79. The molecule has 1 aromatic heterocycles. The molecular formula is C9H5Cl2N3O3. The van der Waals surface area contributed by atoms with Crippen LogP contribution in [0.25, 0.3) is 5.69 Å². The lowest BCUT2D eigenvalue weighted by Gasteiger charge is -2.03. The van der Waals surface area contributed by atoms with Crippen LogP contribution >= 0.6 is 23.2 Å². The molecule has 0 aliphatic heterocycles. The number of nitrogens with one attached hydrogen (secondary N) is 1. The van der Waals surface area contributed by atoms with Gasteiger partial charge in [-0.15, -0.1) is 5.10 Å². The Labute approximate surface area is 104 Å². The van der Waals surface area contributed by atoms with Gasteiger partial charge >= 0.3 is 11.7 Å². The van der Waals surface area contributed by atoms with E-state index < -0.39 is 17.5 Å². The minimum Gasteiger partial charge on any atom is -0.475 e. The predicted octanol–water partition coefficient (Wildman–Crippen LogP) is 1.57. The fraction of sp³-hybridized carbons (Fsp3) is 0. The summed E-state index contributed by atoms with van der Waals surface area (Å²) in [6, 6.07) is 4.62. The highest BCUT2D eigenvalue weighted by atomic mass is 35.5. The zero-order valence-corrected chi connectivity index (χ0v) is 9.66. The minimum atomic E-state index is -1.33. The molecule has 88 valence electrons. The summed E-state index contributed by atoms with van der Waals surface area (Å²) >= 11 is 11.7. The lowest BCUT2D eigenvalue weighted by atomic mass is 10.3. The second-order valence-corrected chi connectivity index (χ2v) is 3.85. The van der Waals surface area contributed by atoms with Crippen molar-refractivity contribution in [2.75, 3.05) is 0 Å². The SMILES string of the molecule is O=C(O)c1nn(-c2cccc(Cl)c2Cl)c(=O)[nH]1. The van der Waals surface area contributed by atoms with Crippen molar-refractivity contribution in [1.29, 1.82) is 0 Å². The van der Waals surface area contributed by atoms with Crippen molar-refractivity contribution in [3.8, 4) is 5.69 Å². The third-order valence-corrected chi connectivity index (χ3v) is 2.79. The first-order valence-electron chi connectivity index (χ1n) is 4.37. The summed E-state index contributed by atoms with van der Waals surface area (Å²) in [6.07, 6.45) is 0. The summed E-state index contributed by atoms with van der Waals surface area (Å²) in [5.74, 6) is -1.80. The second kappa shape index (κ2) is 4.23. The fourth-order valence-corrected chi connectivity index (χ4v) is 1.62. The Morgan fingerprint density at radius 3 is 2.71 bits per heavy atom. The Morgan fingerprint density at radius 1 is 1.41 bits per heavy atom. The molecule has 2 aromatic rings. The molecule has 0 saturated heterocycles. The lowest BCUT2D eigenvalue weighted by molar-refractivity contribution is 0.0683. The van der Waals surface area contributed by atoms with Crippen LogP contribution in [0.15, 0.2) is 23.0 Å². The molecule has 2 rings (SSSR count). The highest BCUT2D eigenvalue weighted by Gasteiger charge is 2.15. The maximum Gasteiger partial charge on any atom is 0.373 e. The molecular weight excluding hydrogens is 269 g/mol. The van der Waals surface area contributed by atoms with Gasteiger partial charge in [-0.3, -0.25) is 4.98 Å². The number of hydrogen-bond donors (Lipinski definition) is 2. The van der Waals surface area contributed by atoms with Gasteiger partial charge in [0.25, 0.3) is 0 Å². The third-order valence-electron chi connectivity index (χ3n) is 1.98. The van der Waals surface area contributed by atoms with Gasteiger partial charge in [0.05, 0.1) is 15.7 Å². The van der Waals surface area contributed by atoms with Crippen molar-refractivity contribution in [3.05, 3.63) is 44.6 Å². The van der Waals surface area contributed by atoms with E-state index >= 15 is 0 Å². The van der Waals surface area contributed by atoms with Crippen molar-refractivity contribution < 1.29 is 9.90 Å². The summed E-state index contributed by atoms with van der Waals surface area (Å²) in [5.41, 5.74) is -0.487. The van der Waals surface area contributed by atoms with Crippen molar-refractivity contribution in [1.82, 2.24) is 14.8 Å². The van der Waals surface area contributed by atoms with E-state index in [2.05, 4.69) is 10.1 Å². The molecule has 0 fully saturated rings. The van der Waals surface area contributed by atoms with Crippen molar-refractivity contribution in [3.63, 3.8) is 0 Å². The number of hydrogen-bond acceptors (Lipinski definition) is 3. The summed E-state index contributed by atoms with van der Waals surface area (Å²) in [7, 11) is 0. The Balaban J connectivity index is 2.65. The molecule has 0 aliphatic rings. The van der Waals surface area contributed by atoms with E-state index in [0.29, 0.717) is 0 Å². The largest absolute Gasteiger partial charge is 0.475 e. The van der Waals surface area contributed by atoms with Crippen LogP contribution in [-0.2, 0) is 0 Å². The molecule has 8 heteroatoms. The van der Waals surface area contributed by atoms with Gasteiger partial charge in [-0.25, -0.2) is 9.59 Å². The number of aromatic amines is 1. The van der Waals surface area contributed by atoms with Crippen LogP contribution in [0, 0.1) is 0 Å². The lowest BCUT2D eigenvalue weighted by Crippen LogP contribution is -2.16. The van der Waals surface area contributed by atoms with Crippen LogP contribution in [0.4, 0.5) is 0 Å². The topological polar surface area (TPSA) is 88.0 Å². The summed E-state index contributed by atoms with van der Waals surface area (Å²) in [6.45, 7) is 0. The average Bonchev–Trinajstić information content (AvgIpc) is 2.65. The van der Waals surface area contributed by atoms with Gasteiger partial charge in [-0.1, -0.05) is 29.3 Å². The minimum absolute atomic E-state index is 0.125. The standard InChI is InChI=1S/C9H5Cl2N3O3/c10-4-2-1-3-5(6(4)11)14-9(17)12-7(13-14)8(15)16/h1-3H,(H,15,16)(H,12,13,17). The molecule has 1 heterocycles. The predicted molar refractivity (Wildman–Crippen MR) is 61.2 cm³/mol. The molecule has 0 unspecified atom stereocenters. The molecule has 0 bridgehead atoms. The maximum absolute atomic E-state index is 11.5. The summed E-state index contributed by atoms with van der Waals surface area (Å²) < 4.78 is 0.845. The third kappa shape index (κ3) is 2.04. The van der Waals surface area contributed by atoms with Gasteiger partial charge in [0.2, 0.25) is 5.82 Å². The Morgan fingerprint density at radius 2 is 2.12 bits per heavy atom. The van der Waals surface area contributed by atoms with Crippen LogP contribution in [0.3, 0.4) is 0 Å². The van der Waals surface area contributed by atoms with Crippen molar-refractivity contribution >= 4 is 29.2 Å². The van der Waals surface area contributed by atoms with Crippen LogP contribution < -0.4 is 5.69 Å². The first-order valence-corrected chi connectivity index (χ1v) is 5.13. The molecule has 1 aromatic carbocycles. The summed E-state index contributed by atoms with van der Waals surface area (Å²) in [5, 5.41) is 12.6. The van der Waals surface area contributed by atoms with Gasteiger partial charge in [0.1, 0.15) is 0 Å². The van der Waals surface area contributed by atoms with E-state index in [1.807, 2.05) is 0 Å². The fourth-order valence-electron chi connectivity index (χ4n) is 1.24. The number of carbonyl (C=O) groups is 1. The molecule has 0 atom stereocenters. The van der Waals surface area contributed by atoms with Crippen LogP contribution in [0.2, 0.25) is 10.0 Å². The molecule has 6 nitrogen and oxygen atoms in total. The van der Waals surface area contributed by atoms with Gasteiger partial charge in [-0.2, -0.15) is 4.68 Å². The van der Waals surface area contributed by atoms with E-state index in [1.165, 1.54) is 6.07 Å². The molecule has 0 radical (unpaired) electrons. The number of H-pyrrole nitrogens is 1. The highest BCUT2D eigenvalue weighted by Crippen LogP contribution is 2.27. The first-order chi connectivity index (χ1) is 8.00. The van der Waals surface area contributed by atoms with Crippen molar-refractivity contribution in [2.24, 2.45) is 0 Å². The molecule has 0 amide bonds. The maximum atomic E-state index is 11.5. The average molecular weight is 274 g/mol. The van der Waals surface area contributed by atoms with Crippen molar-refractivity contribution in [2.45, 2.75) is 0 Å². The monoisotopic (exact) mass is 273 g/mol. The number of benzene rings is 1. The zero-order valence-electron chi connectivity index (χ0n) is 8.15. The van der Waals surface area contributed by atoms with Gasteiger partial charge in [-0.05, 0) is 12.1 Å². The number of nitrogens with zero attached hydrogens (tertiary/aromatic N) is 2. The van der Waals surface area contributed by atoms with E-state index in [4.69, 9.17) is 28.3 Å². The number of halogens is 2. The van der Waals surface area contributed by atoms with Gasteiger partial charge < -0.3 is 5.11 Å². The van der Waals surface area contributed by atoms with Crippen LogP contribution in [-0.4, -0.2) is 25.8 Å². The number of aromatic carboxylic acids is 1. The Bertz CT molecular complexity index is 647. The van der Waals surface area contributed by atoms with E-state index in [9.17, 15) is 9.59 Å².